The maximum absolute atomic E-state index is 12.8. The number of carbonyl (C=O) groups excluding carboxylic acids is 2. The lowest BCUT2D eigenvalue weighted by Crippen LogP contribution is -2.51. The maximum atomic E-state index is 12.8. The molecule has 2 aromatic rings. The molecule has 144 valence electrons. The van der Waals surface area contributed by atoms with Crippen LogP contribution < -0.4 is 5.32 Å². The van der Waals surface area contributed by atoms with Crippen LogP contribution in [0.15, 0.2) is 42.5 Å². The summed E-state index contributed by atoms with van der Waals surface area (Å²) in [4.78, 5) is 28.7. The first-order valence-electron chi connectivity index (χ1n) is 9.43. The first-order valence-corrected chi connectivity index (χ1v) is 9.43. The van der Waals surface area contributed by atoms with E-state index in [4.69, 9.17) is 4.74 Å². The molecule has 3 rings (SSSR count). The number of benzene rings is 2. The molecule has 0 bridgehead atoms. The SMILES string of the molecule is COCCCNC(=O)CN1CCN(C(=O)c2ccc3ccccc3c2)CC1. The summed E-state index contributed by atoms with van der Waals surface area (Å²) in [6.45, 7) is 4.37. The van der Waals surface area contributed by atoms with Crippen molar-refractivity contribution in [3.63, 3.8) is 0 Å². The molecule has 1 aliphatic rings. The minimum absolute atomic E-state index is 0.0282. The highest BCUT2D eigenvalue weighted by Crippen LogP contribution is 2.17. The lowest BCUT2D eigenvalue weighted by atomic mass is 10.1. The summed E-state index contributed by atoms with van der Waals surface area (Å²) in [5, 5.41) is 5.11. The van der Waals surface area contributed by atoms with Crippen molar-refractivity contribution in [1.82, 2.24) is 15.1 Å². The van der Waals surface area contributed by atoms with Gasteiger partial charge in [-0.15, -0.1) is 0 Å². The van der Waals surface area contributed by atoms with Crippen molar-refractivity contribution < 1.29 is 14.3 Å². The zero-order valence-electron chi connectivity index (χ0n) is 15.8. The molecule has 0 saturated carbocycles. The molecule has 6 heteroatoms. The monoisotopic (exact) mass is 369 g/mol. The Morgan fingerprint density at radius 2 is 1.78 bits per heavy atom. The van der Waals surface area contributed by atoms with Gasteiger partial charge < -0.3 is 15.0 Å². The summed E-state index contributed by atoms with van der Waals surface area (Å²) in [5.74, 6) is 0.0878. The van der Waals surface area contributed by atoms with E-state index in [1.165, 1.54) is 0 Å². The fraction of sp³-hybridized carbons (Fsp3) is 0.429. The molecular formula is C21H27N3O3. The maximum Gasteiger partial charge on any atom is 0.253 e. The van der Waals surface area contributed by atoms with Crippen molar-refractivity contribution in [3.05, 3.63) is 48.0 Å². The van der Waals surface area contributed by atoms with E-state index >= 15 is 0 Å². The Balaban J connectivity index is 1.48. The smallest absolute Gasteiger partial charge is 0.253 e. The van der Waals surface area contributed by atoms with Gasteiger partial charge in [0.25, 0.3) is 5.91 Å². The van der Waals surface area contributed by atoms with Crippen LogP contribution in [0.5, 0.6) is 0 Å². The van der Waals surface area contributed by atoms with E-state index in [-0.39, 0.29) is 11.8 Å². The summed E-state index contributed by atoms with van der Waals surface area (Å²) >= 11 is 0. The fourth-order valence-electron chi connectivity index (χ4n) is 3.32. The number of rotatable bonds is 7. The fourth-order valence-corrected chi connectivity index (χ4v) is 3.32. The van der Waals surface area contributed by atoms with Crippen LogP contribution in [-0.2, 0) is 9.53 Å². The van der Waals surface area contributed by atoms with Crippen LogP contribution in [0.1, 0.15) is 16.8 Å². The topological polar surface area (TPSA) is 61.9 Å². The Kier molecular flexibility index (Phi) is 6.79. The van der Waals surface area contributed by atoms with Crippen LogP contribution in [0.4, 0.5) is 0 Å². The number of piperazine rings is 1. The van der Waals surface area contributed by atoms with Crippen molar-refractivity contribution in [2.75, 3.05) is 53.0 Å². The second-order valence-electron chi connectivity index (χ2n) is 6.83. The van der Waals surface area contributed by atoms with Crippen LogP contribution in [0, 0.1) is 0 Å². The summed E-state index contributed by atoms with van der Waals surface area (Å²) < 4.78 is 4.97. The van der Waals surface area contributed by atoms with E-state index in [1.54, 1.807) is 7.11 Å². The molecule has 1 saturated heterocycles. The standard InChI is InChI=1S/C21H27N3O3/c1-27-14-4-9-22-20(25)16-23-10-12-24(13-11-23)21(26)19-8-7-17-5-2-3-6-18(17)15-19/h2-3,5-8,15H,4,9-14,16H2,1H3,(H,22,25). The van der Waals surface area contributed by atoms with Gasteiger partial charge in [-0.25, -0.2) is 0 Å². The molecule has 0 aromatic heterocycles. The van der Waals surface area contributed by atoms with E-state index in [2.05, 4.69) is 10.2 Å². The van der Waals surface area contributed by atoms with Crippen LogP contribution in [-0.4, -0.2) is 74.6 Å². The number of hydrogen-bond acceptors (Lipinski definition) is 4. The van der Waals surface area contributed by atoms with Crippen molar-refractivity contribution in [2.45, 2.75) is 6.42 Å². The second kappa shape index (κ2) is 9.48. The normalized spacial score (nSPS) is 15.1. The molecule has 1 fully saturated rings. The predicted molar refractivity (Wildman–Crippen MR) is 106 cm³/mol. The lowest BCUT2D eigenvalue weighted by Gasteiger charge is -2.34. The van der Waals surface area contributed by atoms with Gasteiger partial charge >= 0.3 is 0 Å². The number of amides is 2. The highest BCUT2D eigenvalue weighted by Gasteiger charge is 2.23. The largest absolute Gasteiger partial charge is 0.385 e. The average Bonchev–Trinajstić information content (AvgIpc) is 2.71. The number of hydrogen-bond donors (Lipinski definition) is 1. The van der Waals surface area contributed by atoms with Crippen LogP contribution >= 0.6 is 0 Å². The Bertz CT molecular complexity index is 785. The first-order chi connectivity index (χ1) is 13.2. The van der Waals surface area contributed by atoms with Gasteiger partial charge in [-0.3, -0.25) is 14.5 Å². The van der Waals surface area contributed by atoms with Gasteiger partial charge in [-0.05, 0) is 29.3 Å². The third-order valence-electron chi connectivity index (χ3n) is 4.87. The summed E-state index contributed by atoms with van der Waals surface area (Å²) in [5.41, 5.74) is 0.720. The number of carbonyl (C=O) groups is 2. The minimum Gasteiger partial charge on any atom is -0.385 e. The van der Waals surface area contributed by atoms with Crippen LogP contribution in [0.3, 0.4) is 0 Å². The van der Waals surface area contributed by atoms with E-state index in [1.807, 2.05) is 47.4 Å². The Morgan fingerprint density at radius 3 is 2.52 bits per heavy atom. The molecular weight excluding hydrogens is 342 g/mol. The van der Waals surface area contributed by atoms with Crippen molar-refractivity contribution in [3.8, 4) is 0 Å². The summed E-state index contributed by atoms with van der Waals surface area (Å²) in [6.07, 6.45) is 0.816. The summed E-state index contributed by atoms with van der Waals surface area (Å²) in [6, 6.07) is 13.9. The van der Waals surface area contributed by atoms with Gasteiger partial charge in [0.1, 0.15) is 0 Å². The molecule has 0 aliphatic carbocycles. The Morgan fingerprint density at radius 1 is 1.04 bits per heavy atom. The quantitative estimate of drug-likeness (QED) is 0.756. The van der Waals surface area contributed by atoms with Crippen LogP contribution in [0.2, 0.25) is 0 Å². The highest BCUT2D eigenvalue weighted by atomic mass is 16.5. The summed E-state index contributed by atoms with van der Waals surface area (Å²) in [7, 11) is 1.65. The first kappa shape index (κ1) is 19.3. The van der Waals surface area contributed by atoms with Crippen LogP contribution in [0.25, 0.3) is 10.8 Å². The van der Waals surface area contributed by atoms with Gasteiger partial charge in [0, 0.05) is 52.0 Å². The lowest BCUT2D eigenvalue weighted by molar-refractivity contribution is -0.122. The van der Waals surface area contributed by atoms with Gasteiger partial charge in [0.15, 0.2) is 0 Å². The zero-order valence-corrected chi connectivity index (χ0v) is 15.8. The third-order valence-corrected chi connectivity index (χ3v) is 4.87. The van der Waals surface area contributed by atoms with E-state index < -0.39 is 0 Å². The number of fused-ring (bicyclic) bond motifs is 1. The number of nitrogens with one attached hydrogen (secondary N) is 1. The second-order valence-corrected chi connectivity index (χ2v) is 6.83. The third kappa shape index (κ3) is 5.28. The van der Waals surface area contributed by atoms with Gasteiger partial charge in [-0.1, -0.05) is 30.3 Å². The average molecular weight is 369 g/mol. The van der Waals surface area contributed by atoms with Crippen molar-refractivity contribution in [1.29, 1.82) is 0 Å². The number of ether oxygens (including phenoxy) is 1. The molecule has 0 spiro atoms. The van der Waals surface area contributed by atoms with E-state index in [0.29, 0.717) is 45.9 Å². The zero-order chi connectivity index (χ0) is 19.1. The molecule has 1 heterocycles. The van der Waals surface area contributed by atoms with Gasteiger partial charge in [-0.2, -0.15) is 0 Å². The molecule has 0 unspecified atom stereocenters. The molecule has 27 heavy (non-hydrogen) atoms. The molecule has 2 amide bonds. The van der Waals surface area contributed by atoms with Crippen molar-refractivity contribution >= 4 is 22.6 Å². The molecule has 0 atom stereocenters. The Labute approximate surface area is 160 Å². The van der Waals surface area contributed by atoms with E-state index in [0.717, 1.165) is 22.8 Å². The molecule has 1 N–H and O–H groups in total. The predicted octanol–water partition coefficient (Wildman–Crippen LogP) is 1.75. The number of methoxy groups -OCH3 is 1. The highest BCUT2D eigenvalue weighted by molar-refractivity contribution is 5.98. The van der Waals surface area contributed by atoms with Gasteiger partial charge in [0.05, 0.1) is 6.54 Å². The van der Waals surface area contributed by atoms with Gasteiger partial charge in [0.2, 0.25) is 5.91 Å². The minimum atomic E-state index is 0.0282. The molecule has 1 aliphatic heterocycles. The molecule has 6 nitrogen and oxygen atoms in total. The Hall–Kier alpha value is -2.44. The molecule has 2 aromatic carbocycles. The molecule has 0 radical (unpaired) electrons. The van der Waals surface area contributed by atoms with Crippen molar-refractivity contribution in [2.24, 2.45) is 0 Å². The van der Waals surface area contributed by atoms with E-state index in [9.17, 15) is 9.59 Å². The number of nitrogens with zero attached hydrogens (tertiary/aromatic N) is 2.